The number of benzene rings is 4. The Balaban J connectivity index is 1.31. The fourth-order valence-electron chi connectivity index (χ4n) is 7.06. The molecule has 1 saturated heterocycles. The Hall–Kier alpha value is -4.36. The normalized spacial score (nSPS) is 23.8. The maximum atomic E-state index is 14.4. The fraction of sp³-hybridized carbons (Fsp3) is 0.176. The maximum Gasteiger partial charge on any atom is 0.240 e. The van der Waals surface area contributed by atoms with Crippen LogP contribution in [0.5, 0.6) is 0 Å². The molecule has 0 radical (unpaired) electrons. The minimum absolute atomic E-state index is 0.207. The van der Waals surface area contributed by atoms with Crippen molar-refractivity contribution in [3.63, 3.8) is 0 Å². The van der Waals surface area contributed by atoms with E-state index < -0.39 is 17.3 Å². The van der Waals surface area contributed by atoms with E-state index in [-0.39, 0.29) is 30.1 Å². The van der Waals surface area contributed by atoms with E-state index in [0.29, 0.717) is 12.1 Å². The van der Waals surface area contributed by atoms with Gasteiger partial charge in [-0.3, -0.25) is 14.4 Å². The van der Waals surface area contributed by atoms with Gasteiger partial charge in [0.15, 0.2) is 0 Å². The summed E-state index contributed by atoms with van der Waals surface area (Å²) < 4.78 is 0.865. The van der Waals surface area contributed by atoms with Crippen molar-refractivity contribution in [3.8, 4) is 0 Å². The third-order valence-corrected chi connectivity index (χ3v) is 9.24. The van der Waals surface area contributed by atoms with Crippen LogP contribution in [0.4, 0.5) is 5.69 Å². The number of hydrazone groups is 1. The molecule has 2 atom stereocenters. The van der Waals surface area contributed by atoms with Gasteiger partial charge in [0.2, 0.25) is 17.7 Å². The first kappa shape index (κ1) is 25.6. The lowest BCUT2D eigenvalue weighted by atomic mass is 9.47. The van der Waals surface area contributed by atoms with Crippen molar-refractivity contribution in [2.24, 2.45) is 16.9 Å². The van der Waals surface area contributed by atoms with Gasteiger partial charge >= 0.3 is 0 Å². The summed E-state index contributed by atoms with van der Waals surface area (Å²) in [6, 6.07) is 33.1. The Kier molecular flexibility index (Phi) is 6.20. The summed E-state index contributed by atoms with van der Waals surface area (Å²) in [4.78, 5) is 42.7. The highest BCUT2D eigenvalue weighted by molar-refractivity contribution is 9.10. The Morgan fingerprint density at radius 2 is 1.44 bits per heavy atom. The number of aryl methyl sites for hydroxylation is 1. The molecule has 7 heteroatoms. The smallest absolute Gasteiger partial charge is 0.240 e. The van der Waals surface area contributed by atoms with E-state index in [1.165, 1.54) is 4.90 Å². The van der Waals surface area contributed by atoms with Gasteiger partial charge in [-0.15, -0.1) is 0 Å². The van der Waals surface area contributed by atoms with Crippen molar-refractivity contribution in [3.05, 3.63) is 135 Å². The number of amides is 3. The standard InChI is InChI=1S/C34H26BrN3O3/c35-22-15-17-23(18-16-22)38-32(40)30-29-24-10-4-6-12-26(24)34(31(30)33(38)41,27-13-7-5-11-25(27)29)20-36-37-28(39)19-14-21-8-2-1-3-9-21/h1-13,15-18,20,29-31H,14,19H2,(H,37,39)/b36-20+. The van der Waals surface area contributed by atoms with Crippen LogP contribution in [0.3, 0.4) is 0 Å². The SMILES string of the molecule is O=C(CCc1ccccc1)N/N=C/C12c3ccccc3C(c3ccccc31)C1C(=O)N(c3ccc(Br)cc3)C(=O)C12. The van der Waals surface area contributed by atoms with Crippen LogP contribution in [0.15, 0.2) is 113 Å². The predicted octanol–water partition coefficient (Wildman–Crippen LogP) is 5.73. The number of imide groups is 1. The number of nitrogens with one attached hydrogen (secondary N) is 1. The molecule has 4 aromatic rings. The van der Waals surface area contributed by atoms with Crippen molar-refractivity contribution in [2.75, 3.05) is 4.90 Å². The highest BCUT2D eigenvalue weighted by atomic mass is 79.9. The van der Waals surface area contributed by atoms with E-state index >= 15 is 0 Å². The second-order valence-electron chi connectivity index (χ2n) is 10.8. The first-order valence-electron chi connectivity index (χ1n) is 13.7. The molecule has 2 unspecified atom stereocenters. The van der Waals surface area contributed by atoms with E-state index in [1.54, 1.807) is 18.3 Å². The summed E-state index contributed by atoms with van der Waals surface area (Å²) in [7, 11) is 0. The molecule has 0 spiro atoms. The van der Waals surface area contributed by atoms with E-state index in [2.05, 4.69) is 26.5 Å². The van der Waals surface area contributed by atoms with Crippen LogP contribution in [-0.4, -0.2) is 23.9 Å². The zero-order valence-corrected chi connectivity index (χ0v) is 23.6. The highest BCUT2D eigenvalue weighted by Gasteiger charge is 2.68. The number of carbonyl (C=O) groups is 3. The van der Waals surface area contributed by atoms with Crippen molar-refractivity contribution in [2.45, 2.75) is 24.2 Å². The van der Waals surface area contributed by atoms with Crippen LogP contribution in [0, 0.1) is 11.8 Å². The van der Waals surface area contributed by atoms with E-state index in [0.717, 1.165) is 32.3 Å². The van der Waals surface area contributed by atoms with Crippen LogP contribution in [0.2, 0.25) is 0 Å². The van der Waals surface area contributed by atoms with Crippen molar-refractivity contribution >= 4 is 45.6 Å². The zero-order chi connectivity index (χ0) is 28.1. The molecule has 4 aliphatic rings. The average molecular weight is 605 g/mol. The lowest BCUT2D eigenvalue weighted by Gasteiger charge is -2.52. The molecule has 2 bridgehead atoms. The summed E-state index contributed by atoms with van der Waals surface area (Å²) in [5.41, 5.74) is 7.26. The van der Waals surface area contributed by atoms with E-state index in [1.807, 2.05) is 91.0 Å². The van der Waals surface area contributed by atoms with Gasteiger partial charge in [-0.25, -0.2) is 10.3 Å². The molecule has 6 nitrogen and oxygen atoms in total. The van der Waals surface area contributed by atoms with E-state index in [9.17, 15) is 14.4 Å². The molecule has 4 aromatic carbocycles. The molecule has 3 amide bonds. The molecular weight excluding hydrogens is 578 g/mol. The van der Waals surface area contributed by atoms with Crippen molar-refractivity contribution in [1.29, 1.82) is 0 Å². The number of hydrogen-bond donors (Lipinski definition) is 1. The Morgan fingerprint density at radius 3 is 2.10 bits per heavy atom. The highest BCUT2D eigenvalue weighted by Crippen LogP contribution is 2.63. The average Bonchev–Trinajstić information content (AvgIpc) is 3.28. The molecule has 1 N–H and O–H groups in total. The Bertz CT molecular complexity index is 1670. The van der Waals surface area contributed by atoms with Crippen LogP contribution in [0.1, 0.15) is 40.2 Å². The summed E-state index contributed by atoms with van der Waals surface area (Å²) in [5, 5.41) is 4.49. The lowest BCUT2D eigenvalue weighted by Crippen LogP contribution is -2.54. The zero-order valence-electron chi connectivity index (χ0n) is 22.0. The molecule has 1 fully saturated rings. The largest absolute Gasteiger partial charge is 0.274 e. The van der Waals surface area contributed by atoms with Gasteiger partial charge in [0.05, 0.1) is 22.9 Å². The van der Waals surface area contributed by atoms with Gasteiger partial charge in [-0.2, -0.15) is 5.10 Å². The first-order valence-corrected chi connectivity index (χ1v) is 14.5. The third kappa shape index (κ3) is 3.90. The lowest BCUT2D eigenvalue weighted by molar-refractivity contribution is -0.123. The quantitative estimate of drug-likeness (QED) is 0.173. The monoisotopic (exact) mass is 603 g/mol. The van der Waals surface area contributed by atoms with Crippen LogP contribution in [0.25, 0.3) is 0 Å². The molecule has 0 aromatic heterocycles. The molecule has 41 heavy (non-hydrogen) atoms. The summed E-state index contributed by atoms with van der Waals surface area (Å²) in [6.45, 7) is 0. The third-order valence-electron chi connectivity index (χ3n) is 8.71. The molecule has 8 rings (SSSR count). The fourth-order valence-corrected chi connectivity index (χ4v) is 7.32. The number of anilines is 1. The molecule has 1 heterocycles. The van der Waals surface area contributed by atoms with Gasteiger partial charge in [-0.05, 0) is 58.5 Å². The minimum atomic E-state index is -1.02. The molecule has 0 saturated carbocycles. The number of hydrogen-bond acceptors (Lipinski definition) is 4. The molecular formula is C34H26BrN3O3. The van der Waals surface area contributed by atoms with Gasteiger partial charge in [0, 0.05) is 23.0 Å². The number of rotatable bonds is 6. The molecule has 3 aliphatic carbocycles. The van der Waals surface area contributed by atoms with Crippen LogP contribution >= 0.6 is 15.9 Å². The Labute approximate surface area is 246 Å². The second-order valence-corrected chi connectivity index (χ2v) is 11.7. The summed E-state index contributed by atoms with van der Waals surface area (Å²) >= 11 is 3.45. The first-order chi connectivity index (χ1) is 20.0. The molecule has 202 valence electrons. The predicted molar refractivity (Wildman–Crippen MR) is 161 cm³/mol. The Morgan fingerprint density at radius 1 is 0.829 bits per heavy atom. The van der Waals surface area contributed by atoms with Gasteiger partial charge in [0.25, 0.3) is 0 Å². The summed E-state index contributed by atoms with van der Waals surface area (Å²) in [6.07, 6.45) is 2.58. The van der Waals surface area contributed by atoms with Gasteiger partial charge in [0.1, 0.15) is 0 Å². The minimum Gasteiger partial charge on any atom is -0.274 e. The molecule has 1 aliphatic heterocycles. The van der Waals surface area contributed by atoms with Gasteiger partial charge in [-0.1, -0.05) is 94.8 Å². The van der Waals surface area contributed by atoms with Crippen molar-refractivity contribution in [1.82, 2.24) is 5.43 Å². The van der Waals surface area contributed by atoms with Gasteiger partial charge < -0.3 is 0 Å². The topological polar surface area (TPSA) is 78.8 Å². The maximum absolute atomic E-state index is 14.4. The second kappa shape index (κ2) is 9.93. The summed E-state index contributed by atoms with van der Waals surface area (Å²) in [5.74, 6) is -2.21. The number of nitrogens with zero attached hydrogens (tertiary/aromatic N) is 2. The van der Waals surface area contributed by atoms with Crippen molar-refractivity contribution < 1.29 is 14.4 Å². The number of carbonyl (C=O) groups excluding carboxylic acids is 3. The van der Waals surface area contributed by atoms with Crippen LogP contribution < -0.4 is 10.3 Å². The van der Waals surface area contributed by atoms with E-state index in [4.69, 9.17) is 0 Å². The van der Waals surface area contributed by atoms with Crippen LogP contribution in [-0.2, 0) is 26.2 Å². The number of halogens is 1.